The molecule has 2 aromatic carbocycles. The number of hydrogen-bond donors (Lipinski definition) is 1. The summed E-state index contributed by atoms with van der Waals surface area (Å²) in [6.07, 6.45) is 0.845. The van der Waals surface area contributed by atoms with Crippen molar-refractivity contribution in [3.63, 3.8) is 0 Å². The van der Waals surface area contributed by atoms with Gasteiger partial charge in [-0.1, -0.05) is 41.1 Å². The molecule has 2 rings (SSSR count). The predicted octanol–water partition coefficient (Wildman–Crippen LogP) is 4.79. The Morgan fingerprint density at radius 2 is 2.00 bits per heavy atom. The molecular weight excluding hydrogens is 317 g/mol. The molecule has 1 atom stereocenters. The van der Waals surface area contributed by atoms with Gasteiger partial charge in [0.2, 0.25) is 0 Å². The highest BCUT2D eigenvalue weighted by molar-refractivity contribution is 9.10. The van der Waals surface area contributed by atoms with E-state index in [-0.39, 0.29) is 11.9 Å². The minimum atomic E-state index is -0.178. The molecule has 2 aromatic rings. The van der Waals surface area contributed by atoms with E-state index < -0.39 is 0 Å². The lowest BCUT2D eigenvalue weighted by Crippen LogP contribution is -2.24. The first kappa shape index (κ1) is 15.2. The number of halogens is 2. The van der Waals surface area contributed by atoms with E-state index in [4.69, 9.17) is 0 Å². The zero-order valence-electron chi connectivity index (χ0n) is 11.8. The number of nitrogens with one attached hydrogen (secondary N) is 1. The lowest BCUT2D eigenvalue weighted by Gasteiger charge is -2.21. The molecule has 0 saturated heterocycles. The Morgan fingerprint density at radius 3 is 2.70 bits per heavy atom. The molecule has 1 N–H and O–H groups in total. The Kier molecular flexibility index (Phi) is 5.32. The van der Waals surface area contributed by atoms with Crippen LogP contribution in [0.2, 0.25) is 0 Å². The van der Waals surface area contributed by atoms with Crippen molar-refractivity contribution in [3.05, 3.63) is 69.4 Å². The van der Waals surface area contributed by atoms with Gasteiger partial charge in [0.15, 0.2) is 0 Å². The van der Waals surface area contributed by atoms with Gasteiger partial charge < -0.3 is 5.32 Å². The summed E-state index contributed by atoms with van der Waals surface area (Å²) in [5, 5.41) is 3.45. The lowest BCUT2D eigenvalue weighted by molar-refractivity contribution is 0.540. The van der Waals surface area contributed by atoms with Crippen molar-refractivity contribution in [1.29, 1.82) is 0 Å². The van der Waals surface area contributed by atoms with E-state index in [1.165, 1.54) is 11.6 Å². The second-order valence-corrected chi connectivity index (χ2v) is 5.86. The maximum Gasteiger partial charge on any atom is 0.123 e. The third-order valence-corrected chi connectivity index (χ3v) is 3.89. The third-order valence-electron chi connectivity index (χ3n) is 3.40. The quantitative estimate of drug-likeness (QED) is 0.828. The van der Waals surface area contributed by atoms with Gasteiger partial charge in [0.1, 0.15) is 5.82 Å². The summed E-state index contributed by atoms with van der Waals surface area (Å²) >= 11 is 3.49. The summed E-state index contributed by atoms with van der Waals surface area (Å²) in [6, 6.07) is 13.4. The van der Waals surface area contributed by atoms with Gasteiger partial charge in [-0.2, -0.15) is 0 Å². The van der Waals surface area contributed by atoms with Crippen molar-refractivity contribution in [1.82, 2.24) is 5.32 Å². The average Bonchev–Trinajstić information content (AvgIpc) is 2.41. The van der Waals surface area contributed by atoms with Crippen LogP contribution >= 0.6 is 15.9 Å². The summed E-state index contributed by atoms with van der Waals surface area (Å²) < 4.78 is 14.6. The first-order valence-corrected chi connectivity index (χ1v) is 7.63. The molecule has 0 spiro atoms. The number of likely N-dealkylation sites (N-methyl/N-ethyl adjacent to an activating group) is 1. The molecule has 20 heavy (non-hydrogen) atoms. The van der Waals surface area contributed by atoms with E-state index >= 15 is 0 Å². The molecule has 106 valence electrons. The molecule has 0 bridgehead atoms. The maximum absolute atomic E-state index is 13.5. The molecule has 0 aliphatic carbocycles. The molecule has 0 aromatic heterocycles. The second-order valence-electron chi connectivity index (χ2n) is 4.95. The van der Waals surface area contributed by atoms with Gasteiger partial charge in [-0.3, -0.25) is 0 Å². The monoisotopic (exact) mass is 335 g/mol. The summed E-state index contributed by atoms with van der Waals surface area (Å²) in [5.74, 6) is -0.178. The largest absolute Gasteiger partial charge is 0.310 e. The van der Waals surface area contributed by atoms with E-state index in [1.54, 1.807) is 6.07 Å². The van der Waals surface area contributed by atoms with Crippen LogP contribution in [0, 0.1) is 12.7 Å². The van der Waals surface area contributed by atoms with Crippen LogP contribution in [-0.2, 0) is 6.42 Å². The topological polar surface area (TPSA) is 12.0 Å². The first-order chi connectivity index (χ1) is 9.60. The molecule has 0 radical (unpaired) electrons. The summed E-state index contributed by atoms with van der Waals surface area (Å²) in [6.45, 7) is 4.96. The maximum atomic E-state index is 13.5. The van der Waals surface area contributed by atoms with Crippen LogP contribution < -0.4 is 5.32 Å². The standard InChI is InChI=1S/C17H19BrFN/c1-3-20-17(10-13-5-4-6-14(18)9-13)16-11-15(19)8-7-12(16)2/h4-9,11,17,20H,3,10H2,1-2H3. The Bertz CT molecular complexity index is 583. The zero-order chi connectivity index (χ0) is 14.5. The molecule has 0 aliphatic rings. The highest BCUT2D eigenvalue weighted by Gasteiger charge is 2.14. The van der Waals surface area contributed by atoms with E-state index in [0.717, 1.165) is 28.6 Å². The van der Waals surface area contributed by atoms with Gasteiger partial charge in [0.25, 0.3) is 0 Å². The molecule has 0 amide bonds. The average molecular weight is 336 g/mol. The van der Waals surface area contributed by atoms with Crippen molar-refractivity contribution < 1.29 is 4.39 Å². The van der Waals surface area contributed by atoms with E-state index in [2.05, 4.69) is 40.3 Å². The highest BCUT2D eigenvalue weighted by atomic mass is 79.9. The van der Waals surface area contributed by atoms with Crippen LogP contribution in [0.3, 0.4) is 0 Å². The molecule has 0 saturated carbocycles. The Balaban J connectivity index is 2.29. The fourth-order valence-electron chi connectivity index (χ4n) is 2.42. The molecule has 0 fully saturated rings. The predicted molar refractivity (Wildman–Crippen MR) is 85.4 cm³/mol. The van der Waals surface area contributed by atoms with Gasteiger partial charge in [-0.25, -0.2) is 4.39 Å². The molecular formula is C17H19BrFN. The van der Waals surface area contributed by atoms with Crippen molar-refractivity contribution in [2.75, 3.05) is 6.54 Å². The fourth-order valence-corrected chi connectivity index (χ4v) is 2.87. The Hall–Kier alpha value is -1.19. The van der Waals surface area contributed by atoms with Gasteiger partial charge in [0, 0.05) is 10.5 Å². The summed E-state index contributed by atoms with van der Waals surface area (Å²) in [5.41, 5.74) is 3.38. The minimum absolute atomic E-state index is 0.130. The van der Waals surface area contributed by atoms with Crippen LogP contribution in [-0.4, -0.2) is 6.54 Å². The van der Waals surface area contributed by atoms with Crippen molar-refractivity contribution in [3.8, 4) is 0 Å². The highest BCUT2D eigenvalue weighted by Crippen LogP contribution is 2.24. The number of benzene rings is 2. The van der Waals surface area contributed by atoms with Crippen LogP contribution in [0.15, 0.2) is 46.9 Å². The Morgan fingerprint density at radius 1 is 1.20 bits per heavy atom. The molecule has 0 aliphatic heterocycles. The van der Waals surface area contributed by atoms with E-state index in [0.29, 0.717) is 0 Å². The van der Waals surface area contributed by atoms with Crippen molar-refractivity contribution in [2.45, 2.75) is 26.3 Å². The normalized spacial score (nSPS) is 12.4. The van der Waals surface area contributed by atoms with Crippen molar-refractivity contribution >= 4 is 15.9 Å². The smallest absolute Gasteiger partial charge is 0.123 e. The number of aryl methyl sites for hydroxylation is 1. The van der Waals surface area contributed by atoms with Gasteiger partial charge in [-0.05, 0) is 60.8 Å². The fraction of sp³-hybridized carbons (Fsp3) is 0.294. The second kappa shape index (κ2) is 7.00. The van der Waals surface area contributed by atoms with Gasteiger partial charge in [-0.15, -0.1) is 0 Å². The van der Waals surface area contributed by atoms with Gasteiger partial charge >= 0.3 is 0 Å². The molecule has 1 nitrogen and oxygen atoms in total. The number of hydrogen-bond acceptors (Lipinski definition) is 1. The van der Waals surface area contributed by atoms with Gasteiger partial charge in [0.05, 0.1) is 0 Å². The van der Waals surface area contributed by atoms with Crippen LogP contribution in [0.5, 0.6) is 0 Å². The molecule has 1 unspecified atom stereocenters. The summed E-state index contributed by atoms with van der Waals surface area (Å²) in [7, 11) is 0. The van der Waals surface area contributed by atoms with Crippen LogP contribution in [0.25, 0.3) is 0 Å². The molecule has 3 heteroatoms. The minimum Gasteiger partial charge on any atom is -0.310 e. The zero-order valence-corrected chi connectivity index (χ0v) is 13.4. The SMILES string of the molecule is CCNC(Cc1cccc(Br)c1)c1cc(F)ccc1C. The summed E-state index contributed by atoms with van der Waals surface area (Å²) in [4.78, 5) is 0. The van der Waals surface area contributed by atoms with Crippen molar-refractivity contribution in [2.24, 2.45) is 0 Å². The van der Waals surface area contributed by atoms with E-state index in [9.17, 15) is 4.39 Å². The Labute approximate surface area is 128 Å². The lowest BCUT2D eigenvalue weighted by atomic mass is 9.95. The molecule has 0 heterocycles. The third kappa shape index (κ3) is 3.90. The van der Waals surface area contributed by atoms with E-state index in [1.807, 2.05) is 25.1 Å². The van der Waals surface area contributed by atoms with Crippen LogP contribution in [0.4, 0.5) is 4.39 Å². The van der Waals surface area contributed by atoms with Crippen LogP contribution in [0.1, 0.15) is 29.7 Å². The number of rotatable bonds is 5. The first-order valence-electron chi connectivity index (χ1n) is 6.84.